The third kappa shape index (κ3) is 1.70. The van der Waals surface area contributed by atoms with E-state index in [0.717, 1.165) is 33.3 Å². The van der Waals surface area contributed by atoms with E-state index >= 15 is 0 Å². The highest BCUT2D eigenvalue weighted by Crippen LogP contribution is 2.29. The van der Waals surface area contributed by atoms with Crippen molar-refractivity contribution in [2.24, 2.45) is 0 Å². The second-order valence-electron chi connectivity index (χ2n) is 4.63. The zero-order chi connectivity index (χ0) is 13.4. The Kier molecular flexibility index (Phi) is 2.39. The van der Waals surface area contributed by atoms with Crippen molar-refractivity contribution in [2.75, 3.05) is 5.32 Å². The molecule has 0 amide bonds. The molecule has 4 rings (SSSR count). The molecule has 2 aromatic carbocycles. The Bertz CT molecular complexity index is 881. The molecule has 0 unspecified atom stereocenters. The number of nitrogens with one attached hydrogen (secondary N) is 2. The first kappa shape index (κ1) is 11.0. The van der Waals surface area contributed by atoms with Crippen LogP contribution in [0, 0.1) is 0 Å². The Labute approximate surface area is 115 Å². The number of nitrogens with zero attached hydrogens (tertiary/aromatic N) is 2. The fourth-order valence-corrected chi connectivity index (χ4v) is 2.39. The van der Waals surface area contributed by atoms with Crippen LogP contribution in [-0.2, 0) is 0 Å². The van der Waals surface area contributed by atoms with Crippen LogP contribution in [0.2, 0.25) is 0 Å². The van der Waals surface area contributed by atoms with E-state index in [1.54, 1.807) is 6.20 Å². The third-order valence-corrected chi connectivity index (χ3v) is 3.34. The molecule has 4 aromatic rings. The van der Waals surface area contributed by atoms with Gasteiger partial charge in [0.2, 0.25) is 0 Å². The maximum Gasteiger partial charge on any atom is 0.142 e. The Morgan fingerprint density at radius 2 is 1.65 bits per heavy atom. The quantitative estimate of drug-likeness (QED) is 0.575. The number of hydrogen-bond donors (Lipinski definition) is 2. The van der Waals surface area contributed by atoms with Gasteiger partial charge in [-0.2, -0.15) is 5.10 Å². The molecule has 0 aliphatic carbocycles. The van der Waals surface area contributed by atoms with Crippen molar-refractivity contribution >= 4 is 33.3 Å². The first-order valence-corrected chi connectivity index (χ1v) is 6.46. The molecule has 4 heteroatoms. The van der Waals surface area contributed by atoms with Crippen molar-refractivity contribution in [2.45, 2.75) is 0 Å². The minimum atomic E-state index is 0.818. The molecular formula is C16H12N4. The van der Waals surface area contributed by atoms with Crippen LogP contribution >= 0.6 is 0 Å². The van der Waals surface area contributed by atoms with Gasteiger partial charge in [0.05, 0.1) is 22.6 Å². The molecule has 4 nitrogen and oxygen atoms in total. The second kappa shape index (κ2) is 4.35. The average Bonchev–Trinajstić information content (AvgIpc) is 2.98. The van der Waals surface area contributed by atoms with Crippen LogP contribution in [0.4, 0.5) is 11.5 Å². The summed E-state index contributed by atoms with van der Waals surface area (Å²) in [6, 6.07) is 18.1. The van der Waals surface area contributed by atoms with Crippen LogP contribution in [0.3, 0.4) is 0 Å². The Balaban J connectivity index is 1.95. The first-order valence-electron chi connectivity index (χ1n) is 6.46. The van der Waals surface area contributed by atoms with E-state index in [1.807, 2.05) is 48.5 Å². The van der Waals surface area contributed by atoms with E-state index in [-0.39, 0.29) is 0 Å². The predicted molar refractivity (Wildman–Crippen MR) is 81.1 cm³/mol. The number of pyridine rings is 1. The van der Waals surface area contributed by atoms with Crippen molar-refractivity contribution in [3.05, 3.63) is 60.8 Å². The summed E-state index contributed by atoms with van der Waals surface area (Å²) in [6.07, 6.45) is 1.81. The van der Waals surface area contributed by atoms with Gasteiger partial charge in [0.1, 0.15) is 5.82 Å². The smallest absolute Gasteiger partial charge is 0.142 e. The molecule has 0 atom stereocenters. The van der Waals surface area contributed by atoms with Crippen LogP contribution in [0.25, 0.3) is 21.8 Å². The van der Waals surface area contributed by atoms with E-state index in [0.29, 0.717) is 0 Å². The zero-order valence-corrected chi connectivity index (χ0v) is 10.7. The molecular weight excluding hydrogens is 248 g/mol. The van der Waals surface area contributed by atoms with Gasteiger partial charge in [-0.3, -0.25) is 5.10 Å². The molecule has 20 heavy (non-hydrogen) atoms. The Morgan fingerprint density at radius 3 is 2.55 bits per heavy atom. The van der Waals surface area contributed by atoms with Crippen molar-refractivity contribution in [1.29, 1.82) is 0 Å². The van der Waals surface area contributed by atoms with Gasteiger partial charge in [-0.1, -0.05) is 36.4 Å². The van der Waals surface area contributed by atoms with E-state index in [4.69, 9.17) is 4.98 Å². The summed E-state index contributed by atoms with van der Waals surface area (Å²) < 4.78 is 0. The van der Waals surface area contributed by atoms with Gasteiger partial charge >= 0.3 is 0 Å². The van der Waals surface area contributed by atoms with Gasteiger partial charge in [-0.05, 0) is 18.2 Å². The summed E-state index contributed by atoms with van der Waals surface area (Å²) in [5.41, 5.74) is 2.97. The standard InChI is InChI=1S/C16H12N4/c1-2-6-11(7-3-1)18-16-13-10-17-20-15(13)12-8-4-5-9-14(12)19-16/h1-10H,(H,17,20)(H,18,19). The number of rotatable bonds is 2. The van der Waals surface area contributed by atoms with Gasteiger partial charge in [-0.25, -0.2) is 4.98 Å². The number of para-hydroxylation sites is 2. The average molecular weight is 260 g/mol. The molecule has 0 saturated heterocycles. The number of hydrogen-bond acceptors (Lipinski definition) is 3. The Morgan fingerprint density at radius 1 is 0.850 bits per heavy atom. The number of H-pyrrole nitrogens is 1. The van der Waals surface area contributed by atoms with Crippen molar-refractivity contribution in [3.8, 4) is 0 Å². The minimum absolute atomic E-state index is 0.818. The fraction of sp³-hybridized carbons (Fsp3) is 0. The maximum atomic E-state index is 4.70. The van der Waals surface area contributed by atoms with Gasteiger partial charge < -0.3 is 5.32 Å². The van der Waals surface area contributed by atoms with Gasteiger partial charge in [0.25, 0.3) is 0 Å². The highest BCUT2D eigenvalue weighted by atomic mass is 15.1. The molecule has 96 valence electrons. The molecule has 2 heterocycles. The molecule has 0 saturated carbocycles. The van der Waals surface area contributed by atoms with Crippen LogP contribution in [-0.4, -0.2) is 15.2 Å². The molecule has 0 bridgehead atoms. The SMILES string of the molecule is c1ccc(Nc2nc3ccccc3c3[nH]ncc23)cc1. The number of benzene rings is 2. The lowest BCUT2D eigenvalue weighted by Gasteiger charge is -2.08. The second-order valence-corrected chi connectivity index (χ2v) is 4.63. The topological polar surface area (TPSA) is 53.6 Å². The molecule has 2 N–H and O–H groups in total. The van der Waals surface area contributed by atoms with Crippen LogP contribution in [0.15, 0.2) is 60.8 Å². The summed E-state index contributed by atoms with van der Waals surface area (Å²) in [6.45, 7) is 0. The lowest BCUT2D eigenvalue weighted by Crippen LogP contribution is -1.94. The van der Waals surface area contributed by atoms with Crippen LogP contribution < -0.4 is 5.32 Å². The van der Waals surface area contributed by atoms with E-state index in [1.165, 1.54) is 0 Å². The van der Waals surface area contributed by atoms with Gasteiger partial charge in [0.15, 0.2) is 0 Å². The molecule has 2 aromatic heterocycles. The summed E-state index contributed by atoms with van der Waals surface area (Å²) in [5.74, 6) is 0.818. The summed E-state index contributed by atoms with van der Waals surface area (Å²) in [5, 5.41) is 12.6. The normalized spacial score (nSPS) is 11.0. The fourth-order valence-electron chi connectivity index (χ4n) is 2.39. The number of aromatic nitrogens is 3. The third-order valence-electron chi connectivity index (χ3n) is 3.34. The zero-order valence-electron chi connectivity index (χ0n) is 10.7. The number of fused-ring (bicyclic) bond motifs is 3. The van der Waals surface area contributed by atoms with Crippen LogP contribution in [0.5, 0.6) is 0 Å². The summed E-state index contributed by atoms with van der Waals surface area (Å²) in [7, 11) is 0. The maximum absolute atomic E-state index is 4.70. The number of anilines is 2. The first-order chi connectivity index (χ1) is 9.92. The predicted octanol–water partition coefficient (Wildman–Crippen LogP) is 3.85. The molecule has 0 aliphatic heterocycles. The van der Waals surface area contributed by atoms with Gasteiger partial charge in [-0.15, -0.1) is 0 Å². The molecule has 0 spiro atoms. The largest absolute Gasteiger partial charge is 0.340 e. The van der Waals surface area contributed by atoms with Crippen molar-refractivity contribution in [3.63, 3.8) is 0 Å². The highest BCUT2D eigenvalue weighted by molar-refractivity contribution is 6.08. The highest BCUT2D eigenvalue weighted by Gasteiger charge is 2.09. The molecule has 0 fully saturated rings. The molecule has 0 aliphatic rings. The van der Waals surface area contributed by atoms with E-state index in [2.05, 4.69) is 21.6 Å². The number of aromatic amines is 1. The van der Waals surface area contributed by atoms with Gasteiger partial charge in [0, 0.05) is 11.1 Å². The van der Waals surface area contributed by atoms with Crippen LogP contribution in [0.1, 0.15) is 0 Å². The van der Waals surface area contributed by atoms with E-state index < -0.39 is 0 Å². The molecule has 0 radical (unpaired) electrons. The van der Waals surface area contributed by atoms with E-state index in [9.17, 15) is 0 Å². The lowest BCUT2D eigenvalue weighted by atomic mass is 10.1. The lowest BCUT2D eigenvalue weighted by molar-refractivity contribution is 1.12. The minimum Gasteiger partial charge on any atom is -0.340 e. The summed E-state index contributed by atoms with van der Waals surface area (Å²) >= 11 is 0. The van der Waals surface area contributed by atoms with Crippen molar-refractivity contribution in [1.82, 2.24) is 15.2 Å². The monoisotopic (exact) mass is 260 g/mol. The summed E-state index contributed by atoms with van der Waals surface area (Å²) in [4.78, 5) is 4.70. The van der Waals surface area contributed by atoms with Crippen molar-refractivity contribution < 1.29 is 0 Å². The Hall–Kier alpha value is -2.88.